The summed E-state index contributed by atoms with van der Waals surface area (Å²) in [6.07, 6.45) is 0. The van der Waals surface area contributed by atoms with Gasteiger partial charge in [-0.05, 0) is 69.6 Å². The van der Waals surface area contributed by atoms with Gasteiger partial charge in [-0.25, -0.2) is 4.98 Å². The summed E-state index contributed by atoms with van der Waals surface area (Å²) < 4.78 is 14.4. The number of aromatic amines is 1. The van der Waals surface area contributed by atoms with Gasteiger partial charge in [0.05, 0.1) is 0 Å². The largest absolute Gasteiger partial charge is 0.325 e. The van der Waals surface area contributed by atoms with Gasteiger partial charge in [0.2, 0.25) is 5.95 Å². The van der Waals surface area contributed by atoms with Crippen LogP contribution in [0.5, 0.6) is 0 Å². The molecule has 0 bridgehead atoms. The van der Waals surface area contributed by atoms with E-state index in [0.717, 1.165) is 22.5 Å². The van der Waals surface area contributed by atoms with E-state index in [0.29, 0.717) is 29.6 Å². The molecule has 0 saturated heterocycles. The molecule has 0 fully saturated rings. The molecule has 0 aliphatic rings. The lowest BCUT2D eigenvalue weighted by Gasteiger charge is -2.26. The van der Waals surface area contributed by atoms with E-state index in [1.54, 1.807) is 0 Å². The lowest BCUT2D eigenvalue weighted by atomic mass is 9.81. The molecule has 0 radical (unpaired) electrons. The van der Waals surface area contributed by atoms with E-state index in [9.17, 15) is 9.18 Å². The number of hydrogen-bond donors (Lipinski definition) is 1. The maximum atomic E-state index is 14.4. The first-order chi connectivity index (χ1) is 17.4. The Balaban J connectivity index is 0.000000380. The van der Waals surface area contributed by atoms with Crippen LogP contribution in [0.15, 0.2) is 4.79 Å². The summed E-state index contributed by atoms with van der Waals surface area (Å²) in [4.78, 5) is 19.9. The maximum absolute atomic E-state index is 14.4. The van der Waals surface area contributed by atoms with Crippen molar-refractivity contribution < 1.29 is 4.39 Å². The average Bonchev–Trinajstić information content (AvgIpc) is 2.76. The van der Waals surface area contributed by atoms with Gasteiger partial charge < -0.3 is 4.98 Å². The Morgan fingerprint density at radius 3 is 1.16 bits per heavy atom. The van der Waals surface area contributed by atoms with Crippen molar-refractivity contribution in [3.05, 3.63) is 61.1 Å². The minimum atomic E-state index is -0.271. The van der Waals surface area contributed by atoms with Crippen molar-refractivity contribution in [1.82, 2.24) is 9.97 Å². The molecule has 0 unspecified atom stereocenters. The van der Waals surface area contributed by atoms with Crippen molar-refractivity contribution >= 4 is 0 Å². The van der Waals surface area contributed by atoms with Crippen LogP contribution in [0, 0.1) is 5.95 Å². The van der Waals surface area contributed by atoms with Crippen LogP contribution >= 0.6 is 0 Å². The van der Waals surface area contributed by atoms with Gasteiger partial charge in [-0.15, -0.1) is 0 Å². The van der Waals surface area contributed by atoms with E-state index in [4.69, 9.17) is 0 Å². The molecule has 216 valence electrons. The zero-order valence-electron chi connectivity index (χ0n) is 27.4. The molecule has 4 heteroatoms. The van der Waals surface area contributed by atoms with E-state index >= 15 is 0 Å². The predicted molar refractivity (Wildman–Crippen MR) is 164 cm³/mol. The second-order valence-corrected chi connectivity index (χ2v) is 13.4. The molecule has 0 aliphatic heterocycles. The minimum Gasteiger partial charge on any atom is -0.325 e. The first-order valence-electron chi connectivity index (χ1n) is 14.9. The van der Waals surface area contributed by atoms with Crippen LogP contribution < -0.4 is 5.56 Å². The topological polar surface area (TPSA) is 45.8 Å². The molecular formula is C34H57FN2O. The summed E-state index contributed by atoms with van der Waals surface area (Å²) >= 11 is 0. The predicted octanol–water partition coefficient (Wildman–Crippen LogP) is 10.6. The van der Waals surface area contributed by atoms with Gasteiger partial charge in [0.25, 0.3) is 5.56 Å². The molecule has 3 nitrogen and oxygen atoms in total. The molecule has 0 spiro atoms. The zero-order valence-corrected chi connectivity index (χ0v) is 27.4. The second kappa shape index (κ2) is 13.9. The third-order valence-electron chi connectivity index (χ3n) is 7.25. The van der Waals surface area contributed by atoms with Crippen LogP contribution in [0.3, 0.4) is 0 Å². The van der Waals surface area contributed by atoms with Gasteiger partial charge >= 0.3 is 0 Å². The molecule has 0 saturated carbocycles. The highest BCUT2D eigenvalue weighted by Crippen LogP contribution is 2.38. The second-order valence-electron chi connectivity index (χ2n) is 13.4. The van der Waals surface area contributed by atoms with Crippen LogP contribution in [0.25, 0.3) is 0 Å². The molecule has 2 rings (SSSR count). The van der Waals surface area contributed by atoms with E-state index in [-0.39, 0.29) is 29.3 Å². The van der Waals surface area contributed by atoms with E-state index in [1.165, 1.54) is 22.3 Å². The number of pyridine rings is 2. The maximum Gasteiger partial charge on any atom is 0.251 e. The summed E-state index contributed by atoms with van der Waals surface area (Å²) in [6.45, 7) is 34.3. The molecule has 0 aromatic carbocycles. The highest BCUT2D eigenvalue weighted by molar-refractivity contribution is 5.44. The highest BCUT2D eigenvalue weighted by Gasteiger charge is 2.26. The fourth-order valence-corrected chi connectivity index (χ4v) is 5.78. The molecule has 0 amide bonds. The summed E-state index contributed by atoms with van der Waals surface area (Å²) in [7, 11) is 0. The molecule has 0 atom stereocenters. The molecular weight excluding hydrogens is 471 g/mol. The molecule has 1 N–H and O–H groups in total. The normalized spacial score (nSPS) is 12.2. The zero-order chi connectivity index (χ0) is 29.8. The van der Waals surface area contributed by atoms with Gasteiger partial charge in [0, 0.05) is 22.5 Å². The van der Waals surface area contributed by atoms with Gasteiger partial charge in [-0.3, -0.25) is 4.79 Å². The SMILES string of the molecule is CC(C)c1[nH]c(=O)c(C(C)C)c(C(C)C)c1C(C)C.CC(C)c1nc(F)c(C(C)C)c(C(C)C)c1C(C)C. The number of aromatic nitrogens is 2. The van der Waals surface area contributed by atoms with Crippen molar-refractivity contribution in [3.8, 4) is 0 Å². The average molecular weight is 529 g/mol. The van der Waals surface area contributed by atoms with Crippen LogP contribution in [0.2, 0.25) is 0 Å². The molecule has 2 heterocycles. The van der Waals surface area contributed by atoms with Crippen molar-refractivity contribution in [2.45, 2.75) is 158 Å². The van der Waals surface area contributed by atoms with Gasteiger partial charge in [0.1, 0.15) is 0 Å². The van der Waals surface area contributed by atoms with Gasteiger partial charge in [-0.1, -0.05) is 111 Å². The van der Waals surface area contributed by atoms with Crippen LogP contribution in [0.1, 0.15) is 203 Å². The Kier molecular flexibility index (Phi) is 12.5. The Labute approximate surface area is 233 Å². The van der Waals surface area contributed by atoms with Crippen molar-refractivity contribution in [1.29, 1.82) is 0 Å². The number of H-pyrrole nitrogens is 1. The number of rotatable bonds is 8. The van der Waals surface area contributed by atoms with Crippen LogP contribution in [0.4, 0.5) is 4.39 Å². The van der Waals surface area contributed by atoms with Crippen LogP contribution in [-0.4, -0.2) is 9.97 Å². The molecule has 0 aliphatic carbocycles. The Bertz CT molecular complexity index is 1120. The van der Waals surface area contributed by atoms with Crippen molar-refractivity contribution in [2.24, 2.45) is 0 Å². The first kappa shape index (κ1) is 34.1. The summed E-state index contributed by atoms with van der Waals surface area (Å²) in [6, 6.07) is 0. The lowest BCUT2D eigenvalue weighted by molar-refractivity contribution is 0.530. The standard InChI is InChI=1S/C17H28FN.C17H29NO/c1-9(2)13-14(10(3)4)16(12(7)8)19-17(18)15(13)11(5)6;1-9(2)13-14(10(3)4)16(12(7)8)18-17(19)15(13)11(5)6/h9-12H,1-8H3;9-12H,1-8H3,(H,18,19). The Hall–Kier alpha value is -1.97. The van der Waals surface area contributed by atoms with Gasteiger partial charge in [-0.2, -0.15) is 4.39 Å². The Morgan fingerprint density at radius 1 is 0.474 bits per heavy atom. The number of hydrogen-bond acceptors (Lipinski definition) is 2. The monoisotopic (exact) mass is 528 g/mol. The highest BCUT2D eigenvalue weighted by atomic mass is 19.1. The summed E-state index contributed by atoms with van der Waals surface area (Å²) in [5.74, 6) is 2.29. The third kappa shape index (κ3) is 7.57. The van der Waals surface area contributed by atoms with Gasteiger partial charge in [0.15, 0.2) is 0 Å². The number of nitrogens with one attached hydrogen (secondary N) is 1. The lowest BCUT2D eigenvalue weighted by Crippen LogP contribution is -2.24. The Morgan fingerprint density at radius 2 is 0.842 bits per heavy atom. The van der Waals surface area contributed by atoms with E-state index in [1.807, 2.05) is 13.8 Å². The first-order valence-corrected chi connectivity index (χ1v) is 14.9. The fraction of sp³-hybridized carbons (Fsp3) is 0.706. The van der Waals surface area contributed by atoms with Crippen molar-refractivity contribution in [2.75, 3.05) is 0 Å². The summed E-state index contributed by atoms with van der Waals surface area (Å²) in [5, 5.41) is 0. The number of nitrogens with zero attached hydrogens (tertiary/aromatic N) is 1. The van der Waals surface area contributed by atoms with Crippen molar-refractivity contribution in [3.63, 3.8) is 0 Å². The quantitative estimate of drug-likeness (QED) is 0.346. The molecule has 38 heavy (non-hydrogen) atoms. The smallest absolute Gasteiger partial charge is 0.251 e. The molecule has 2 aromatic heterocycles. The van der Waals surface area contributed by atoms with E-state index in [2.05, 4.69) is 107 Å². The van der Waals surface area contributed by atoms with E-state index < -0.39 is 0 Å². The number of halogens is 1. The molecule has 2 aromatic rings. The van der Waals surface area contributed by atoms with Crippen LogP contribution in [-0.2, 0) is 0 Å². The summed E-state index contributed by atoms with van der Waals surface area (Å²) in [5.41, 5.74) is 9.01. The third-order valence-corrected chi connectivity index (χ3v) is 7.25. The fourth-order valence-electron chi connectivity index (χ4n) is 5.78. The minimum absolute atomic E-state index is 0.104.